The van der Waals surface area contributed by atoms with E-state index < -0.39 is 6.72 Å². The molecule has 1 rings (SSSR count). The Balaban J connectivity index is 2.76. The van der Waals surface area contributed by atoms with Crippen molar-refractivity contribution >= 4 is 18.5 Å². The molecule has 0 fully saturated rings. The molecule has 0 aliphatic heterocycles. The molecule has 0 aliphatic carbocycles. The Hall–Kier alpha value is -0.750. The number of hydrogen-bond acceptors (Lipinski definition) is 5. The first-order valence-corrected chi connectivity index (χ1v) is 5.77. The standard InChI is InChI=1S/C5H7N2O4PS/c1-10-4-2-3-5(7-6-4)11-12(8,9)13/h2-3H,1H3,(H2,8,9,13). The summed E-state index contributed by atoms with van der Waals surface area (Å²) in [7, 11) is 1.44. The van der Waals surface area contributed by atoms with Crippen molar-refractivity contribution in [2.45, 2.75) is 0 Å². The third kappa shape index (κ3) is 3.65. The molecule has 1 aromatic heterocycles. The van der Waals surface area contributed by atoms with Crippen LogP contribution in [0.4, 0.5) is 0 Å². The second kappa shape index (κ2) is 3.97. The van der Waals surface area contributed by atoms with Crippen LogP contribution in [-0.4, -0.2) is 27.1 Å². The van der Waals surface area contributed by atoms with Crippen LogP contribution in [0.15, 0.2) is 12.1 Å². The zero-order chi connectivity index (χ0) is 9.90. The van der Waals surface area contributed by atoms with Crippen LogP contribution in [0.5, 0.6) is 11.8 Å². The number of methoxy groups -OCH3 is 1. The smallest absolute Gasteiger partial charge is 0.376 e. The molecule has 0 aliphatic rings. The first-order valence-electron chi connectivity index (χ1n) is 3.14. The lowest BCUT2D eigenvalue weighted by Crippen LogP contribution is -1.95. The molecule has 0 saturated carbocycles. The predicted octanol–water partition coefficient (Wildman–Crippen LogP) is 0.0731. The van der Waals surface area contributed by atoms with Gasteiger partial charge in [0.15, 0.2) is 0 Å². The van der Waals surface area contributed by atoms with Crippen LogP contribution in [-0.2, 0) is 11.8 Å². The Morgan fingerprint density at radius 2 is 1.85 bits per heavy atom. The molecule has 2 N–H and O–H groups in total. The summed E-state index contributed by atoms with van der Waals surface area (Å²) in [5.41, 5.74) is 0. The number of hydrogen-bond donors (Lipinski definition) is 2. The molecule has 8 heteroatoms. The minimum atomic E-state index is -3.72. The highest BCUT2D eigenvalue weighted by Crippen LogP contribution is 2.36. The van der Waals surface area contributed by atoms with E-state index in [1.165, 1.54) is 19.2 Å². The maximum atomic E-state index is 8.76. The normalized spacial score (nSPS) is 11.0. The average molecular weight is 222 g/mol. The topological polar surface area (TPSA) is 84.7 Å². The van der Waals surface area contributed by atoms with Gasteiger partial charge < -0.3 is 19.0 Å². The summed E-state index contributed by atoms with van der Waals surface area (Å²) in [6, 6.07) is 2.84. The largest absolute Gasteiger partial charge is 0.480 e. The molecule has 6 nitrogen and oxygen atoms in total. The van der Waals surface area contributed by atoms with Crippen molar-refractivity contribution in [3.05, 3.63) is 12.1 Å². The minimum absolute atomic E-state index is 0.0471. The SMILES string of the molecule is COc1ccc(OP(O)(O)=S)nn1. The van der Waals surface area contributed by atoms with Gasteiger partial charge in [-0.25, -0.2) is 0 Å². The fourth-order valence-corrected chi connectivity index (χ4v) is 1.16. The van der Waals surface area contributed by atoms with Crippen molar-refractivity contribution in [2.75, 3.05) is 7.11 Å². The van der Waals surface area contributed by atoms with E-state index in [0.717, 1.165) is 0 Å². The van der Waals surface area contributed by atoms with Crippen molar-refractivity contribution in [3.8, 4) is 11.8 Å². The third-order valence-electron chi connectivity index (χ3n) is 1.04. The van der Waals surface area contributed by atoms with Crippen molar-refractivity contribution in [1.29, 1.82) is 0 Å². The highest BCUT2D eigenvalue weighted by atomic mass is 32.5. The Morgan fingerprint density at radius 3 is 2.23 bits per heavy atom. The molecule has 72 valence electrons. The molecule has 1 heterocycles. The van der Waals surface area contributed by atoms with E-state index in [9.17, 15) is 0 Å². The number of aromatic nitrogens is 2. The highest BCUT2D eigenvalue weighted by molar-refractivity contribution is 8.06. The van der Waals surface area contributed by atoms with E-state index in [1.807, 2.05) is 0 Å². The molecule has 0 spiro atoms. The number of rotatable bonds is 3. The summed E-state index contributed by atoms with van der Waals surface area (Å²) in [5, 5.41) is 7.01. The van der Waals surface area contributed by atoms with Gasteiger partial charge in [-0.3, -0.25) is 0 Å². The average Bonchev–Trinajstić information content (AvgIpc) is 2.03. The molecule has 13 heavy (non-hydrogen) atoms. The highest BCUT2D eigenvalue weighted by Gasteiger charge is 2.11. The van der Waals surface area contributed by atoms with E-state index in [2.05, 4.69) is 26.5 Å². The molecule has 0 atom stereocenters. The quantitative estimate of drug-likeness (QED) is 0.700. The van der Waals surface area contributed by atoms with Crippen LogP contribution < -0.4 is 9.26 Å². The van der Waals surface area contributed by atoms with Gasteiger partial charge in [-0.15, -0.1) is 10.2 Å². The molecule has 0 bridgehead atoms. The lowest BCUT2D eigenvalue weighted by Gasteiger charge is -2.07. The monoisotopic (exact) mass is 222 g/mol. The van der Waals surface area contributed by atoms with E-state index in [1.54, 1.807) is 0 Å². The maximum absolute atomic E-state index is 8.76. The molecular weight excluding hydrogens is 215 g/mol. The maximum Gasteiger partial charge on any atom is 0.376 e. The van der Waals surface area contributed by atoms with Crippen LogP contribution in [0.1, 0.15) is 0 Å². The predicted molar refractivity (Wildman–Crippen MR) is 47.9 cm³/mol. The van der Waals surface area contributed by atoms with Crippen LogP contribution in [0.3, 0.4) is 0 Å². The van der Waals surface area contributed by atoms with E-state index in [4.69, 9.17) is 14.5 Å². The van der Waals surface area contributed by atoms with Crippen LogP contribution in [0, 0.1) is 0 Å². The Kier molecular flexibility index (Phi) is 3.16. The number of nitrogens with zero attached hydrogens (tertiary/aromatic N) is 2. The summed E-state index contributed by atoms with van der Waals surface area (Å²) in [6.45, 7) is -3.72. The second-order valence-corrected chi connectivity index (χ2v) is 4.59. The second-order valence-electron chi connectivity index (χ2n) is 2.00. The fraction of sp³-hybridized carbons (Fsp3) is 0.200. The van der Waals surface area contributed by atoms with Crippen molar-refractivity contribution in [2.24, 2.45) is 0 Å². The molecule has 0 aromatic carbocycles. The van der Waals surface area contributed by atoms with Crippen molar-refractivity contribution < 1.29 is 19.0 Å². The molecule has 0 saturated heterocycles. The minimum Gasteiger partial charge on any atom is -0.480 e. The van der Waals surface area contributed by atoms with Crippen molar-refractivity contribution in [1.82, 2.24) is 10.2 Å². The Bertz CT molecular complexity index is 324. The first-order chi connectivity index (χ1) is 6.01. The van der Waals surface area contributed by atoms with Crippen molar-refractivity contribution in [3.63, 3.8) is 0 Å². The Labute approximate surface area is 79.4 Å². The van der Waals surface area contributed by atoms with Gasteiger partial charge in [0.1, 0.15) is 0 Å². The summed E-state index contributed by atoms with van der Waals surface area (Å²) in [4.78, 5) is 17.5. The molecule has 1 aromatic rings. The van der Waals surface area contributed by atoms with Gasteiger partial charge in [-0.05, 0) is 0 Å². The first kappa shape index (κ1) is 10.3. The van der Waals surface area contributed by atoms with Gasteiger partial charge in [0.25, 0.3) is 0 Å². The van der Waals surface area contributed by atoms with Gasteiger partial charge in [0.05, 0.1) is 7.11 Å². The van der Waals surface area contributed by atoms with E-state index in [0.29, 0.717) is 5.88 Å². The lowest BCUT2D eigenvalue weighted by atomic mass is 10.5. The summed E-state index contributed by atoms with van der Waals surface area (Å²) in [5.74, 6) is 0.255. The zero-order valence-electron chi connectivity index (χ0n) is 6.62. The number of ether oxygens (including phenoxy) is 1. The summed E-state index contributed by atoms with van der Waals surface area (Å²) >= 11 is 4.23. The van der Waals surface area contributed by atoms with Gasteiger partial charge in [-0.2, -0.15) is 0 Å². The zero-order valence-corrected chi connectivity index (χ0v) is 8.33. The van der Waals surface area contributed by atoms with E-state index in [-0.39, 0.29) is 5.88 Å². The molecular formula is C5H7N2O4PS. The summed E-state index contributed by atoms with van der Waals surface area (Å²) in [6.07, 6.45) is 0. The van der Waals surface area contributed by atoms with Gasteiger partial charge >= 0.3 is 6.72 Å². The Morgan fingerprint density at radius 1 is 1.31 bits per heavy atom. The molecule has 0 unspecified atom stereocenters. The third-order valence-corrected chi connectivity index (χ3v) is 1.69. The van der Waals surface area contributed by atoms with Crippen LogP contribution in [0.2, 0.25) is 0 Å². The molecule has 0 amide bonds. The molecule has 0 radical (unpaired) electrons. The van der Waals surface area contributed by atoms with Crippen LogP contribution >= 0.6 is 6.72 Å². The van der Waals surface area contributed by atoms with Gasteiger partial charge in [0, 0.05) is 23.9 Å². The van der Waals surface area contributed by atoms with Gasteiger partial charge in [-0.1, -0.05) is 0 Å². The summed E-state index contributed by atoms with van der Waals surface area (Å²) < 4.78 is 9.24. The van der Waals surface area contributed by atoms with Crippen LogP contribution in [0.25, 0.3) is 0 Å². The van der Waals surface area contributed by atoms with E-state index >= 15 is 0 Å². The fourth-order valence-electron chi connectivity index (χ4n) is 0.587. The lowest BCUT2D eigenvalue weighted by molar-refractivity contribution is 0.355. The van der Waals surface area contributed by atoms with Gasteiger partial charge in [0.2, 0.25) is 11.8 Å².